The van der Waals surface area contributed by atoms with Crippen molar-refractivity contribution < 1.29 is 0 Å². The molecule has 1 fully saturated rings. The van der Waals surface area contributed by atoms with Crippen LogP contribution in [0.15, 0.2) is 17.5 Å². The van der Waals surface area contributed by atoms with Crippen LogP contribution in [-0.4, -0.2) is 56.6 Å². The van der Waals surface area contributed by atoms with Crippen molar-refractivity contribution in [1.29, 1.82) is 0 Å². The van der Waals surface area contributed by atoms with Gasteiger partial charge in [0.2, 0.25) is 0 Å². The van der Waals surface area contributed by atoms with Crippen LogP contribution >= 0.6 is 11.3 Å². The highest BCUT2D eigenvalue weighted by atomic mass is 32.1. The molecule has 1 atom stereocenters. The maximum absolute atomic E-state index is 3.62. The molecule has 3 nitrogen and oxygen atoms in total. The maximum Gasteiger partial charge on any atom is 0.0386 e. The SMILES string of the molecule is CC(NCCN(C)CC1CCN(C)CC1)c1cccs1. The van der Waals surface area contributed by atoms with Crippen LogP contribution in [0.5, 0.6) is 0 Å². The van der Waals surface area contributed by atoms with Gasteiger partial charge in [0.25, 0.3) is 0 Å². The highest BCUT2D eigenvalue weighted by molar-refractivity contribution is 7.10. The van der Waals surface area contributed by atoms with Gasteiger partial charge in [-0.25, -0.2) is 0 Å². The van der Waals surface area contributed by atoms with Crippen LogP contribution in [0.4, 0.5) is 0 Å². The molecule has 0 saturated carbocycles. The highest BCUT2D eigenvalue weighted by Crippen LogP contribution is 2.18. The van der Waals surface area contributed by atoms with Crippen molar-refractivity contribution in [2.75, 3.05) is 46.8 Å². The van der Waals surface area contributed by atoms with Gasteiger partial charge in [0, 0.05) is 30.6 Å². The monoisotopic (exact) mass is 295 g/mol. The summed E-state index contributed by atoms with van der Waals surface area (Å²) in [4.78, 5) is 6.37. The Morgan fingerprint density at radius 1 is 1.45 bits per heavy atom. The first kappa shape index (κ1) is 16.0. The van der Waals surface area contributed by atoms with Gasteiger partial charge in [0.1, 0.15) is 0 Å². The van der Waals surface area contributed by atoms with Gasteiger partial charge in [-0.05, 0) is 64.3 Å². The summed E-state index contributed by atoms with van der Waals surface area (Å²) < 4.78 is 0. The maximum atomic E-state index is 3.62. The normalized spacial score (nSPS) is 19.6. The van der Waals surface area contributed by atoms with E-state index in [-0.39, 0.29) is 0 Å². The first-order chi connectivity index (χ1) is 9.65. The van der Waals surface area contributed by atoms with Crippen molar-refractivity contribution in [1.82, 2.24) is 15.1 Å². The molecule has 2 rings (SSSR count). The lowest BCUT2D eigenvalue weighted by molar-refractivity contribution is 0.176. The molecule has 20 heavy (non-hydrogen) atoms. The number of likely N-dealkylation sites (tertiary alicyclic amines) is 1. The first-order valence-corrected chi connectivity index (χ1v) is 8.67. The Morgan fingerprint density at radius 2 is 2.20 bits per heavy atom. The minimum Gasteiger partial charge on any atom is -0.308 e. The lowest BCUT2D eigenvalue weighted by Crippen LogP contribution is -2.38. The standard InChI is InChI=1S/C16H29N3S/c1-14(16-5-4-12-20-16)17-8-11-19(3)13-15-6-9-18(2)10-7-15/h4-5,12,14-15,17H,6-11,13H2,1-3H3. The molecular formula is C16H29N3S. The van der Waals surface area contributed by atoms with Crippen molar-refractivity contribution >= 4 is 11.3 Å². The molecule has 1 unspecified atom stereocenters. The van der Waals surface area contributed by atoms with Gasteiger partial charge in [-0.15, -0.1) is 11.3 Å². The molecule has 1 N–H and O–H groups in total. The summed E-state index contributed by atoms with van der Waals surface area (Å²) in [5, 5.41) is 5.77. The van der Waals surface area contributed by atoms with Crippen molar-refractivity contribution in [3.05, 3.63) is 22.4 Å². The molecule has 1 aliphatic rings. The number of nitrogens with zero attached hydrogens (tertiary/aromatic N) is 2. The minimum absolute atomic E-state index is 0.478. The second-order valence-electron chi connectivity index (χ2n) is 6.20. The molecule has 1 saturated heterocycles. The molecule has 4 heteroatoms. The molecule has 0 spiro atoms. The molecule has 0 aromatic carbocycles. The van der Waals surface area contributed by atoms with Gasteiger partial charge in [0.05, 0.1) is 0 Å². The minimum atomic E-state index is 0.478. The molecule has 1 aromatic heterocycles. The molecule has 2 heterocycles. The molecule has 114 valence electrons. The summed E-state index contributed by atoms with van der Waals surface area (Å²) in [5.74, 6) is 0.894. The Bertz CT molecular complexity index is 358. The van der Waals surface area contributed by atoms with Crippen LogP contribution in [0.25, 0.3) is 0 Å². The summed E-state index contributed by atoms with van der Waals surface area (Å²) in [6.45, 7) is 8.26. The van der Waals surface area contributed by atoms with E-state index in [4.69, 9.17) is 0 Å². The Hall–Kier alpha value is -0.420. The molecule has 0 radical (unpaired) electrons. The van der Waals surface area contributed by atoms with Crippen molar-refractivity contribution in [3.8, 4) is 0 Å². The number of likely N-dealkylation sites (N-methyl/N-ethyl adjacent to an activating group) is 1. The zero-order chi connectivity index (χ0) is 14.4. The van der Waals surface area contributed by atoms with Gasteiger partial charge in [-0.2, -0.15) is 0 Å². The van der Waals surface area contributed by atoms with Crippen molar-refractivity contribution in [3.63, 3.8) is 0 Å². The van der Waals surface area contributed by atoms with Crippen LogP contribution in [0.3, 0.4) is 0 Å². The van der Waals surface area contributed by atoms with Gasteiger partial charge in [0.15, 0.2) is 0 Å². The van der Waals surface area contributed by atoms with Crippen LogP contribution in [0, 0.1) is 5.92 Å². The average molecular weight is 295 g/mol. The van der Waals surface area contributed by atoms with E-state index in [1.165, 1.54) is 37.4 Å². The summed E-state index contributed by atoms with van der Waals surface area (Å²) in [6.07, 6.45) is 2.72. The highest BCUT2D eigenvalue weighted by Gasteiger charge is 2.17. The number of nitrogens with one attached hydrogen (secondary N) is 1. The van der Waals surface area contributed by atoms with E-state index in [1.807, 2.05) is 11.3 Å². The number of hydrogen-bond donors (Lipinski definition) is 1. The summed E-state index contributed by atoms with van der Waals surface area (Å²) in [6, 6.07) is 4.82. The smallest absolute Gasteiger partial charge is 0.0386 e. The van der Waals surface area contributed by atoms with Gasteiger partial charge < -0.3 is 15.1 Å². The largest absolute Gasteiger partial charge is 0.308 e. The summed E-state index contributed by atoms with van der Waals surface area (Å²) in [5.41, 5.74) is 0. The third-order valence-electron chi connectivity index (χ3n) is 4.32. The summed E-state index contributed by atoms with van der Waals surface area (Å²) in [7, 11) is 4.49. The molecule has 0 aliphatic carbocycles. The fourth-order valence-corrected chi connectivity index (χ4v) is 3.65. The predicted molar refractivity (Wildman–Crippen MR) is 88.5 cm³/mol. The van der Waals surface area contributed by atoms with Crippen molar-refractivity contribution in [2.24, 2.45) is 5.92 Å². The molecular weight excluding hydrogens is 266 g/mol. The molecule has 1 aliphatic heterocycles. The van der Waals surface area contributed by atoms with Crippen LogP contribution in [0.1, 0.15) is 30.7 Å². The molecule has 0 amide bonds. The van der Waals surface area contributed by atoms with E-state index in [9.17, 15) is 0 Å². The third kappa shape index (κ3) is 5.17. The fourth-order valence-electron chi connectivity index (χ4n) is 2.89. The Balaban J connectivity index is 1.59. The number of rotatable bonds is 7. The topological polar surface area (TPSA) is 18.5 Å². The predicted octanol–water partition coefficient (Wildman–Crippen LogP) is 2.67. The van der Waals surface area contributed by atoms with Gasteiger partial charge >= 0.3 is 0 Å². The average Bonchev–Trinajstić information content (AvgIpc) is 2.95. The Morgan fingerprint density at radius 3 is 2.85 bits per heavy atom. The first-order valence-electron chi connectivity index (χ1n) is 7.79. The Kier molecular flexibility index (Phi) is 6.49. The number of thiophene rings is 1. The van der Waals surface area contributed by atoms with Crippen LogP contribution < -0.4 is 5.32 Å². The number of hydrogen-bond acceptors (Lipinski definition) is 4. The lowest BCUT2D eigenvalue weighted by Gasteiger charge is -2.31. The molecule has 0 bridgehead atoms. The second-order valence-corrected chi connectivity index (χ2v) is 7.18. The summed E-state index contributed by atoms with van der Waals surface area (Å²) >= 11 is 1.84. The number of piperidine rings is 1. The van der Waals surface area contributed by atoms with E-state index in [2.05, 4.69) is 53.6 Å². The second kappa shape index (κ2) is 8.13. The third-order valence-corrected chi connectivity index (χ3v) is 5.38. The zero-order valence-electron chi connectivity index (χ0n) is 13.1. The van der Waals surface area contributed by atoms with Crippen molar-refractivity contribution in [2.45, 2.75) is 25.8 Å². The van der Waals surface area contributed by atoms with E-state index in [0.717, 1.165) is 19.0 Å². The quantitative estimate of drug-likeness (QED) is 0.834. The van der Waals surface area contributed by atoms with E-state index < -0.39 is 0 Å². The van der Waals surface area contributed by atoms with Gasteiger partial charge in [-0.3, -0.25) is 0 Å². The fraction of sp³-hybridized carbons (Fsp3) is 0.750. The Labute approximate surface area is 128 Å². The van der Waals surface area contributed by atoms with E-state index >= 15 is 0 Å². The van der Waals surface area contributed by atoms with E-state index in [0.29, 0.717) is 6.04 Å². The zero-order valence-corrected chi connectivity index (χ0v) is 14.0. The lowest BCUT2D eigenvalue weighted by atomic mass is 9.97. The van der Waals surface area contributed by atoms with Crippen LogP contribution in [0.2, 0.25) is 0 Å². The molecule has 1 aromatic rings. The van der Waals surface area contributed by atoms with Crippen LogP contribution in [-0.2, 0) is 0 Å². The van der Waals surface area contributed by atoms with E-state index in [1.54, 1.807) is 0 Å². The van der Waals surface area contributed by atoms with Gasteiger partial charge in [-0.1, -0.05) is 6.07 Å².